The van der Waals surface area contributed by atoms with E-state index in [0.29, 0.717) is 23.0 Å². The molecule has 0 heterocycles. The van der Waals surface area contributed by atoms with Crippen LogP contribution in [0.25, 0.3) is 0 Å². The summed E-state index contributed by atoms with van der Waals surface area (Å²) >= 11 is 0. The number of carbonyl (C=O) groups excluding carboxylic acids is 1. The number of aliphatic hydroxyl groups is 1. The Labute approximate surface area is 147 Å². The highest BCUT2D eigenvalue weighted by Gasteiger charge is 2.61. The summed E-state index contributed by atoms with van der Waals surface area (Å²) in [6.07, 6.45) is 9.78. The molecule has 4 saturated carbocycles. The molecule has 2 nitrogen and oxygen atoms in total. The molecule has 0 aromatic rings. The van der Waals surface area contributed by atoms with Crippen LogP contribution in [0.1, 0.15) is 79.1 Å². The Hall–Kier alpha value is -0.370. The van der Waals surface area contributed by atoms with Crippen molar-refractivity contribution in [2.75, 3.05) is 0 Å². The van der Waals surface area contributed by atoms with Gasteiger partial charge in [-0.15, -0.1) is 0 Å². The van der Waals surface area contributed by atoms with Gasteiger partial charge in [0.05, 0.1) is 6.10 Å². The third kappa shape index (κ3) is 2.20. The summed E-state index contributed by atoms with van der Waals surface area (Å²) in [6.45, 7) is 9.07. The normalized spacial score (nSPS) is 57.0. The van der Waals surface area contributed by atoms with Gasteiger partial charge < -0.3 is 5.11 Å². The van der Waals surface area contributed by atoms with Crippen molar-refractivity contribution in [3.05, 3.63) is 0 Å². The number of ketones is 1. The molecule has 0 amide bonds. The molecule has 136 valence electrons. The van der Waals surface area contributed by atoms with Gasteiger partial charge in [0.2, 0.25) is 0 Å². The Morgan fingerprint density at radius 1 is 1.00 bits per heavy atom. The van der Waals surface area contributed by atoms with Crippen molar-refractivity contribution in [2.24, 2.45) is 46.3 Å². The van der Waals surface area contributed by atoms with Gasteiger partial charge in [-0.1, -0.05) is 20.8 Å². The van der Waals surface area contributed by atoms with Crippen LogP contribution in [0, 0.1) is 46.3 Å². The Kier molecular flexibility index (Phi) is 3.95. The molecule has 0 saturated heterocycles. The number of Topliss-reactive ketones (excluding diaryl/α,β-unsaturated/α-hetero) is 1. The molecule has 1 N–H and O–H groups in total. The smallest absolute Gasteiger partial charge is 0.133 e. The predicted molar refractivity (Wildman–Crippen MR) is 96.5 cm³/mol. The van der Waals surface area contributed by atoms with E-state index >= 15 is 0 Å². The van der Waals surface area contributed by atoms with Crippen LogP contribution in [-0.4, -0.2) is 17.0 Å². The molecular weight excluding hydrogens is 296 g/mol. The second-order valence-electron chi connectivity index (χ2n) is 10.4. The largest absolute Gasteiger partial charge is 0.393 e. The van der Waals surface area contributed by atoms with Gasteiger partial charge in [-0.3, -0.25) is 4.79 Å². The molecule has 4 fully saturated rings. The first-order chi connectivity index (χ1) is 11.3. The van der Waals surface area contributed by atoms with E-state index in [0.717, 1.165) is 36.5 Å². The molecule has 0 bridgehead atoms. The Morgan fingerprint density at radius 3 is 2.42 bits per heavy atom. The van der Waals surface area contributed by atoms with E-state index in [1.807, 2.05) is 6.92 Å². The molecule has 4 aliphatic carbocycles. The van der Waals surface area contributed by atoms with Crippen LogP contribution in [0.3, 0.4) is 0 Å². The maximum Gasteiger partial charge on any atom is 0.133 e. The van der Waals surface area contributed by atoms with Crippen LogP contribution in [0.2, 0.25) is 0 Å². The lowest BCUT2D eigenvalue weighted by molar-refractivity contribution is -0.146. The summed E-state index contributed by atoms with van der Waals surface area (Å²) in [5.41, 5.74) is 0.702. The maximum absolute atomic E-state index is 12.2. The van der Waals surface area contributed by atoms with E-state index in [-0.39, 0.29) is 11.5 Å². The molecule has 0 unspecified atom stereocenters. The SMILES string of the molecule is CC(=O)[C@H]1CC[C@H]2[C@@H]3CC[C@H]4C[C@H](O)[C@@H](C)C[C@]4(C)[C@H]3CC[C@]12C. The highest BCUT2D eigenvalue weighted by atomic mass is 16.3. The van der Waals surface area contributed by atoms with Crippen LogP contribution in [-0.2, 0) is 4.79 Å². The molecule has 0 aromatic heterocycles. The van der Waals surface area contributed by atoms with Gasteiger partial charge in [0.1, 0.15) is 5.78 Å². The number of fused-ring (bicyclic) bond motifs is 5. The number of hydrogen-bond donors (Lipinski definition) is 1. The lowest BCUT2D eigenvalue weighted by Crippen LogP contribution is -2.55. The minimum Gasteiger partial charge on any atom is -0.393 e. The summed E-state index contributed by atoms with van der Waals surface area (Å²) in [5, 5.41) is 10.4. The van der Waals surface area contributed by atoms with E-state index in [1.54, 1.807) is 0 Å². The van der Waals surface area contributed by atoms with E-state index < -0.39 is 0 Å². The molecule has 0 aliphatic heterocycles. The summed E-state index contributed by atoms with van der Waals surface area (Å²) < 4.78 is 0. The zero-order chi connectivity index (χ0) is 17.3. The van der Waals surface area contributed by atoms with Crippen molar-refractivity contribution < 1.29 is 9.90 Å². The van der Waals surface area contributed by atoms with Crippen molar-refractivity contribution in [3.8, 4) is 0 Å². The highest BCUT2D eigenvalue weighted by molar-refractivity contribution is 5.79. The molecule has 9 atom stereocenters. The standard InChI is InChI=1S/C22H36O2/c1-13-12-22(4)15(11-20(13)24)5-6-16-18-8-7-17(14(2)23)21(18,3)10-9-19(16)22/h13,15-20,24H,5-12H2,1-4H3/t13-,15-,16-,17+,18-,19-,20-,21+,22-/m0/s1. The van der Waals surface area contributed by atoms with Crippen LogP contribution in [0.4, 0.5) is 0 Å². The maximum atomic E-state index is 12.2. The minimum atomic E-state index is -0.0814. The average molecular weight is 333 g/mol. The van der Waals surface area contributed by atoms with Gasteiger partial charge in [-0.05, 0) is 98.7 Å². The van der Waals surface area contributed by atoms with Gasteiger partial charge >= 0.3 is 0 Å². The first-order valence-corrected chi connectivity index (χ1v) is 10.5. The van der Waals surface area contributed by atoms with Gasteiger partial charge in [-0.25, -0.2) is 0 Å². The molecule has 0 radical (unpaired) electrons. The van der Waals surface area contributed by atoms with Crippen molar-refractivity contribution in [3.63, 3.8) is 0 Å². The molecule has 0 spiro atoms. The number of hydrogen-bond acceptors (Lipinski definition) is 2. The van der Waals surface area contributed by atoms with E-state index in [4.69, 9.17) is 0 Å². The van der Waals surface area contributed by atoms with Crippen molar-refractivity contribution in [2.45, 2.75) is 85.2 Å². The molecule has 0 aromatic carbocycles. The molecule has 4 aliphatic rings. The van der Waals surface area contributed by atoms with Crippen LogP contribution in [0.15, 0.2) is 0 Å². The molecule has 2 heteroatoms. The minimum absolute atomic E-state index is 0.0814. The van der Waals surface area contributed by atoms with E-state index in [9.17, 15) is 9.90 Å². The molecule has 4 rings (SSSR count). The van der Waals surface area contributed by atoms with Crippen LogP contribution < -0.4 is 0 Å². The topological polar surface area (TPSA) is 37.3 Å². The lowest BCUT2D eigenvalue weighted by Gasteiger charge is -2.61. The molecular formula is C22H36O2. The van der Waals surface area contributed by atoms with Crippen molar-refractivity contribution in [1.29, 1.82) is 0 Å². The summed E-state index contributed by atoms with van der Waals surface area (Å²) in [5.74, 6) is 4.36. The summed E-state index contributed by atoms with van der Waals surface area (Å²) in [7, 11) is 0. The second kappa shape index (κ2) is 5.56. The summed E-state index contributed by atoms with van der Waals surface area (Å²) in [6, 6.07) is 0. The van der Waals surface area contributed by atoms with E-state index in [1.165, 1.54) is 38.5 Å². The third-order valence-electron chi connectivity index (χ3n) is 9.50. The van der Waals surface area contributed by atoms with Gasteiger partial charge in [0, 0.05) is 5.92 Å². The monoisotopic (exact) mass is 332 g/mol. The van der Waals surface area contributed by atoms with Gasteiger partial charge in [-0.2, -0.15) is 0 Å². The quantitative estimate of drug-likeness (QED) is 0.746. The Bertz CT molecular complexity index is 528. The van der Waals surface area contributed by atoms with Crippen molar-refractivity contribution in [1.82, 2.24) is 0 Å². The summed E-state index contributed by atoms with van der Waals surface area (Å²) in [4.78, 5) is 12.2. The number of rotatable bonds is 1. The fraction of sp³-hybridized carbons (Fsp3) is 0.955. The van der Waals surface area contributed by atoms with Gasteiger partial charge in [0.15, 0.2) is 0 Å². The third-order valence-corrected chi connectivity index (χ3v) is 9.50. The number of aliphatic hydroxyl groups excluding tert-OH is 1. The van der Waals surface area contributed by atoms with Crippen LogP contribution in [0.5, 0.6) is 0 Å². The lowest BCUT2D eigenvalue weighted by atomic mass is 9.44. The second-order valence-corrected chi connectivity index (χ2v) is 10.4. The van der Waals surface area contributed by atoms with E-state index in [2.05, 4.69) is 20.8 Å². The fourth-order valence-corrected chi connectivity index (χ4v) is 8.26. The molecule has 24 heavy (non-hydrogen) atoms. The first kappa shape index (κ1) is 17.1. The number of carbonyl (C=O) groups is 1. The van der Waals surface area contributed by atoms with Crippen molar-refractivity contribution >= 4 is 5.78 Å². The zero-order valence-corrected chi connectivity index (χ0v) is 16.1. The average Bonchev–Trinajstić information content (AvgIpc) is 2.86. The Balaban J connectivity index is 1.62. The fourth-order valence-electron chi connectivity index (χ4n) is 8.26. The zero-order valence-electron chi connectivity index (χ0n) is 16.1. The predicted octanol–water partition coefficient (Wildman–Crippen LogP) is 4.84. The van der Waals surface area contributed by atoms with Crippen LogP contribution >= 0.6 is 0 Å². The van der Waals surface area contributed by atoms with Gasteiger partial charge in [0.25, 0.3) is 0 Å². The first-order valence-electron chi connectivity index (χ1n) is 10.5. The Morgan fingerprint density at radius 2 is 1.71 bits per heavy atom. The highest BCUT2D eigenvalue weighted by Crippen LogP contribution is 2.67.